The van der Waals surface area contributed by atoms with E-state index < -0.39 is 23.1 Å². The molecule has 0 spiro atoms. The van der Waals surface area contributed by atoms with Gasteiger partial charge in [-0.3, -0.25) is 0 Å². The molecule has 0 bridgehead atoms. The minimum Gasteiger partial charge on any atom is -0.396 e. The summed E-state index contributed by atoms with van der Waals surface area (Å²) in [5.74, 6) is -1.24. The highest BCUT2D eigenvalue weighted by atomic mass is 19.1. The second-order valence-corrected chi connectivity index (χ2v) is 4.52. The van der Waals surface area contributed by atoms with Crippen molar-refractivity contribution in [2.24, 2.45) is 11.1 Å². The lowest BCUT2D eigenvalue weighted by Gasteiger charge is -2.45. The lowest BCUT2D eigenvalue weighted by Crippen LogP contribution is -2.43. The number of rotatable bonds is 3. The van der Waals surface area contributed by atoms with Crippen molar-refractivity contribution in [2.75, 3.05) is 6.61 Å². The summed E-state index contributed by atoms with van der Waals surface area (Å²) in [6.45, 7) is -0.0506. The zero-order valence-electron chi connectivity index (χ0n) is 8.92. The van der Waals surface area contributed by atoms with Gasteiger partial charge in [0.1, 0.15) is 11.6 Å². The van der Waals surface area contributed by atoms with Gasteiger partial charge in [0.2, 0.25) is 0 Å². The van der Waals surface area contributed by atoms with E-state index in [1.165, 1.54) is 12.1 Å². The minimum atomic E-state index is -0.632. The van der Waals surface area contributed by atoms with E-state index in [0.29, 0.717) is 0 Å². The predicted molar refractivity (Wildman–Crippen MR) is 56.7 cm³/mol. The first-order valence-electron chi connectivity index (χ1n) is 5.40. The maximum Gasteiger partial charge on any atom is 0.130 e. The van der Waals surface area contributed by atoms with Crippen molar-refractivity contribution in [3.05, 3.63) is 35.4 Å². The average molecular weight is 227 g/mol. The lowest BCUT2D eigenvalue weighted by atomic mass is 9.63. The van der Waals surface area contributed by atoms with E-state index >= 15 is 0 Å². The van der Waals surface area contributed by atoms with Crippen molar-refractivity contribution >= 4 is 0 Å². The second kappa shape index (κ2) is 4.11. The third kappa shape index (κ3) is 1.72. The largest absolute Gasteiger partial charge is 0.396 e. The molecule has 2 nitrogen and oxygen atoms in total. The molecular formula is C12H15F2NO. The fraction of sp³-hybridized carbons (Fsp3) is 0.500. The maximum absolute atomic E-state index is 13.5. The standard InChI is InChI=1S/C12H15F2NO/c13-8-2-3-9(10(14)6-8)11(15)12(7-16)4-1-5-12/h2-3,6,11,16H,1,4-5,7,15H2. The quantitative estimate of drug-likeness (QED) is 0.830. The third-order valence-corrected chi connectivity index (χ3v) is 3.62. The molecule has 1 unspecified atom stereocenters. The fourth-order valence-corrected chi connectivity index (χ4v) is 2.28. The van der Waals surface area contributed by atoms with Gasteiger partial charge in [-0.05, 0) is 18.9 Å². The van der Waals surface area contributed by atoms with E-state index in [2.05, 4.69) is 0 Å². The van der Waals surface area contributed by atoms with E-state index in [4.69, 9.17) is 5.73 Å². The van der Waals surface area contributed by atoms with Crippen molar-refractivity contribution < 1.29 is 13.9 Å². The molecule has 3 N–H and O–H groups in total. The van der Waals surface area contributed by atoms with Gasteiger partial charge in [0.15, 0.2) is 0 Å². The average Bonchev–Trinajstić information content (AvgIpc) is 2.16. The lowest BCUT2D eigenvalue weighted by molar-refractivity contribution is 0.0174. The van der Waals surface area contributed by atoms with Gasteiger partial charge >= 0.3 is 0 Å². The minimum absolute atomic E-state index is 0.0506. The van der Waals surface area contributed by atoms with Gasteiger partial charge in [-0.15, -0.1) is 0 Å². The summed E-state index contributed by atoms with van der Waals surface area (Å²) >= 11 is 0. The molecule has 1 aromatic carbocycles. The van der Waals surface area contributed by atoms with Gasteiger partial charge in [0, 0.05) is 23.1 Å². The number of aliphatic hydroxyl groups is 1. The van der Waals surface area contributed by atoms with Crippen LogP contribution in [0.2, 0.25) is 0 Å². The van der Waals surface area contributed by atoms with Crippen molar-refractivity contribution in [1.29, 1.82) is 0 Å². The molecule has 1 aromatic rings. The van der Waals surface area contributed by atoms with Crippen LogP contribution in [0.3, 0.4) is 0 Å². The highest BCUT2D eigenvalue weighted by Gasteiger charge is 2.43. The van der Waals surface area contributed by atoms with Gasteiger partial charge < -0.3 is 10.8 Å². The summed E-state index contributed by atoms with van der Waals surface area (Å²) in [7, 11) is 0. The van der Waals surface area contributed by atoms with Gasteiger partial charge in [-0.25, -0.2) is 8.78 Å². The molecule has 0 saturated heterocycles. The molecule has 0 heterocycles. The molecule has 1 atom stereocenters. The molecule has 1 aliphatic carbocycles. The maximum atomic E-state index is 13.5. The summed E-state index contributed by atoms with van der Waals surface area (Å²) in [5.41, 5.74) is 5.84. The van der Waals surface area contributed by atoms with E-state index in [0.717, 1.165) is 25.3 Å². The Kier molecular flexibility index (Phi) is 2.95. The Morgan fingerprint density at radius 3 is 2.50 bits per heavy atom. The summed E-state index contributed by atoms with van der Waals surface area (Å²) in [5, 5.41) is 9.34. The van der Waals surface area contributed by atoms with Gasteiger partial charge in [0.05, 0.1) is 6.61 Å². The first-order chi connectivity index (χ1) is 7.59. The van der Waals surface area contributed by atoms with Crippen LogP contribution in [-0.4, -0.2) is 11.7 Å². The van der Waals surface area contributed by atoms with Crippen LogP contribution in [0.15, 0.2) is 18.2 Å². The smallest absolute Gasteiger partial charge is 0.130 e. The molecule has 2 rings (SSSR count). The van der Waals surface area contributed by atoms with Crippen molar-refractivity contribution in [3.8, 4) is 0 Å². The van der Waals surface area contributed by atoms with Crippen LogP contribution in [0.25, 0.3) is 0 Å². The molecule has 88 valence electrons. The topological polar surface area (TPSA) is 46.2 Å². The van der Waals surface area contributed by atoms with Crippen LogP contribution in [0, 0.1) is 17.0 Å². The van der Waals surface area contributed by atoms with Crippen LogP contribution in [0.1, 0.15) is 30.9 Å². The molecule has 1 aliphatic rings. The monoisotopic (exact) mass is 227 g/mol. The molecule has 0 amide bonds. The Morgan fingerprint density at radius 2 is 2.06 bits per heavy atom. The Morgan fingerprint density at radius 1 is 1.38 bits per heavy atom. The third-order valence-electron chi connectivity index (χ3n) is 3.62. The first kappa shape index (κ1) is 11.5. The van der Waals surface area contributed by atoms with Gasteiger partial charge in [-0.2, -0.15) is 0 Å². The summed E-state index contributed by atoms with van der Waals surface area (Å²) in [6.07, 6.45) is 2.58. The van der Waals surface area contributed by atoms with Crippen molar-refractivity contribution in [1.82, 2.24) is 0 Å². The molecule has 0 aliphatic heterocycles. The van der Waals surface area contributed by atoms with Crippen LogP contribution >= 0.6 is 0 Å². The van der Waals surface area contributed by atoms with Gasteiger partial charge in [-0.1, -0.05) is 12.5 Å². The fourth-order valence-electron chi connectivity index (χ4n) is 2.28. The number of halogens is 2. The Bertz CT molecular complexity index is 385. The van der Waals surface area contributed by atoms with Crippen LogP contribution in [0.5, 0.6) is 0 Å². The molecule has 16 heavy (non-hydrogen) atoms. The normalized spacial score (nSPS) is 20.2. The SMILES string of the molecule is NC(c1ccc(F)cc1F)C1(CO)CCC1. The van der Waals surface area contributed by atoms with E-state index in [1.54, 1.807) is 0 Å². The number of nitrogens with two attached hydrogens (primary N) is 1. The molecule has 0 radical (unpaired) electrons. The van der Waals surface area contributed by atoms with E-state index in [-0.39, 0.29) is 12.2 Å². The molecule has 0 aromatic heterocycles. The van der Waals surface area contributed by atoms with Crippen LogP contribution < -0.4 is 5.73 Å². The summed E-state index contributed by atoms with van der Waals surface area (Å²) in [4.78, 5) is 0. The second-order valence-electron chi connectivity index (χ2n) is 4.52. The predicted octanol–water partition coefficient (Wildman–Crippen LogP) is 2.13. The van der Waals surface area contributed by atoms with Crippen molar-refractivity contribution in [2.45, 2.75) is 25.3 Å². The zero-order chi connectivity index (χ0) is 11.8. The first-order valence-corrected chi connectivity index (χ1v) is 5.40. The van der Waals surface area contributed by atoms with Crippen molar-refractivity contribution in [3.63, 3.8) is 0 Å². The van der Waals surface area contributed by atoms with E-state index in [9.17, 15) is 13.9 Å². The highest BCUT2D eigenvalue weighted by molar-refractivity contribution is 5.25. The Labute approximate surface area is 93.1 Å². The van der Waals surface area contributed by atoms with Crippen LogP contribution in [0.4, 0.5) is 8.78 Å². The van der Waals surface area contributed by atoms with E-state index in [1.807, 2.05) is 0 Å². The molecular weight excluding hydrogens is 212 g/mol. The van der Waals surface area contributed by atoms with Gasteiger partial charge in [0.25, 0.3) is 0 Å². The molecule has 4 heteroatoms. The Hall–Kier alpha value is -1.00. The number of hydrogen-bond acceptors (Lipinski definition) is 2. The zero-order valence-corrected chi connectivity index (χ0v) is 8.92. The summed E-state index contributed by atoms with van der Waals surface area (Å²) in [6, 6.07) is 2.83. The highest BCUT2D eigenvalue weighted by Crippen LogP contribution is 2.49. The number of aliphatic hydroxyl groups excluding tert-OH is 1. The molecule has 1 saturated carbocycles. The number of benzene rings is 1. The van der Waals surface area contributed by atoms with Crippen LogP contribution in [-0.2, 0) is 0 Å². The molecule has 1 fully saturated rings. The summed E-state index contributed by atoms with van der Waals surface area (Å²) < 4.78 is 26.3. The number of hydrogen-bond donors (Lipinski definition) is 2. The Balaban J connectivity index is 2.29.